The van der Waals surface area contributed by atoms with Crippen LogP contribution in [0.15, 0.2) is 29.8 Å². The van der Waals surface area contributed by atoms with Crippen LogP contribution in [-0.2, 0) is 12.7 Å². The summed E-state index contributed by atoms with van der Waals surface area (Å²) in [4.78, 5) is 29.9. The molecule has 13 heteroatoms. The van der Waals surface area contributed by atoms with Crippen LogP contribution in [0.1, 0.15) is 27.7 Å². The Morgan fingerprint density at radius 3 is 2.46 bits per heavy atom. The first-order valence-corrected chi connectivity index (χ1v) is 13.4. The number of fused-ring (bicyclic) bond motifs is 2. The fourth-order valence-electron chi connectivity index (χ4n) is 4.92. The van der Waals surface area contributed by atoms with E-state index in [4.69, 9.17) is 4.74 Å². The van der Waals surface area contributed by atoms with Crippen molar-refractivity contribution in [2.45, 2.75) is 19.6 Å². The Morgan fingerprint density at radius 2 is 1.79 bits per heavy atom. The second-order valence-corrected chi connectivity index (χ2v) is 10.4. The highest BCUT2D eigenvalue weighted by Crippen LogP contribution is 2.42. The van der Waals surface area contributed by atoms with E-state index in [0.717, 1.165) is 25.7 Å². The minimum Gasteiger partial charge on any atom is -0.495 e. The van der Waals surface area contributed by atoms with Gasteiger partial charge < -0.3 is 24.8 Å². The third-order valence-electron chi connectivity index (χ3n) is 7.22. The van der Waals surface area contributed by atoms with Crippen molar-refractivity contribution in [3.8, 4) is 5.75 Å². The summed E-state index contributed by atoms with van der Waals surface area (Å²) < 4.78 is 48.1. The summed E-state index contributed by atoms with van der Waals surface area (Å²) in [7, 11) is 4.84. The highest BCUT2D eigenvalue weighted by molar-refractivity contribution is 7.12. The van der Waals surface area contributed by atoms with Gasteiger partial charge in [0.05, 0.1) is 30.2 Å². The fourth-order valence-corrected chi connectivity index (χ4v) is 5.82. The minimum absolute atomic E-state index is 0.0787. The molecule has 0 bridgehead atoms. The molecule has 2 aliphatic rings. The Hall–Kier alpha value is -3.42. The summed E-state index contributed by atoms with van der Waals surface area (Å²) in [5.41, 5.74) is 0.701. The monoisotopic (exact) mass is 561 g/mol. The van der Waals surface area contributed by atoms with Gasteiger partial charge in [0, 0.05) is 46.8 Å². The molecular weight excluding hydrogens is 531 g/mol. The number of halogens is 3. The number of likely N-dealkylation sites (N-methyl/N-ethyl adjacent to an activating group) is 1. The molecule has 3 aromatic rings. The molecule has 1 aromatic carbocycles. The van der Waals surface area contributed by atoms with Crippen molar-refractivity contribution in [1.82, 2.24) is 19.8 Å². The van der Waals surface area contributed by atoms with Gasteiger partial charge >= 0.3 is 6.18 Å². The van der Waals surface area contributed by atoms with Gasteiger partial charge in [-0.3, -0.25) is 9.69 Å². The normalized spacial score (nSPS) is 16.6. The van der Waals surface area contributed by atoms with E-state index in [1.54, 1.807) is 19.0 Å². The van der Waals surface area contributed by atoms with E-state index >= 15 is 0 Å². The van der Waals surface area contributed by atoms with Crippen molar-refractivity contribution in [2.75, 3.05) is 69.0 Å². The SMILES string of the molecule is CCN1CCN(Cc2cc(OC)c(Nc3ncc4c(n3)N(C)c3ccsc3C(=O)N4C)cc2C(F)(F)F)CC1. The summed E-state index contributed by atoms with van der Waals surface area (Å²) >= 11 is 1.33. The van der Waals surface area contributed by atoms with Gasteiger partial charge in [-0.05, 0) is 35.7 Å². The van der Waals surface area contributed by atoms with E-state index < -0.39 is 11.7 Å². The Labute approximate surface area is 228 Å². The first kappa shape index (κ1) is 27.2. The summed E-state index contributed by atoms with van der Waals surface area (Å²) in [6.45, 7) is 6.24. The third kappa shape index (κ3) is 5.25. The first-order valence-electron chi connectivity index (χ1n) is 12.6. The van der Waals surface area contributed by atoms with Gasteiger partial charge in [-0.15, -0.1) is 11.3 Å². The van der Waals surface area contributed by atoms with E-state index in [1.807, 2.05) is 16.3 Å². The lowest BCUT2D eigenvalue weighted by Gasteiger charge is -2.34. The summed E-state index contributed by atoms with van der Waals surface area (Å²) in [6.07, 6.45) is -3.08. The molecule has 9 nitrogen and oxygen atoms in total. The summed E-state index contributed by atoms with van der Waals surface area (Å²) in [5.74, 6) is 0.593. The topological polar surface area (TPSA) is 77.1 Å². The lowest BCUT2D eigenvalue weighted by molar-refractivity contribution is -0.138. The predicted octanol–water partition coefficient (Wildman–Crippen LogP) is 4.80. The molecule has 5 rings (SSSR count). The maximum atomic E-state index is 14.2. The van der Waals surface area contributed by atoms with Crippen molar-refractivity contribution in [2.24, 2.45) is 0 Å². The van der Waals surface area contributed by atoms with E-state index in [0.29, 0.717) is 35.2 Å². The van der Waals surface area contributed by atoms with Gasteiger partial charge in [-0.2, -0.15) is 18.2 Å². The van der Waals surface area contributed by atoms with Crippen LogP contribution in [0, 0.1) is 0 Å². The lowest BCUT2D eigenvalue weighted by atomic mass is 10.0. The molecule has 39 heavy (non-hydrogen) atoms. The van der Waals surface area contributed by atoms with Crippen LogP contribution in [-0.4, -0.2) is 79.6 Å². The molecule has 0 radical (unpaired) electrons. The van der Waals surface area contributed by atoms with Gasteiger partial charge in [0.1, 0.15) is 16.3 Å². The fraction of sp³-hybridized carbons (Fsp3) is 0.423. The Bertz CT molecular complexity index is 1370. The van der Waals surface area contributed by atoms with Crippen LogP contribution in [0.25, 0.3) is 0 Å². The molecule has 0 saturated carbocycles. The maximum absolute atomic E-state index is 14.2. The molecule has 0 spiro atoms. The largest absolute Gasteiger partial charge is 0.495 e. The van der Waals surface area contributed by atoms with Crippen molar-refractivity contribution >= 4 is 46.1 Å². The molecule has 2 aliphatic heterocycles. The number of carbonyl (C=O) groups is 1. The molecule has 1 saturated heterocycles. The zero-order chi connectivity index (χ0) is 27.9. The smallest absolute Gasteiger partial charge is 0.416 e. The number of nitrogens with one attached hydrogen (secondary N) is 1. The molecule has 2 aromatic heterocycles. The number of hydrogen-bond donors (Lipinski definition) is 1. The molecule has 0 unspecified atom stereocenters. The van der Waals surface area contributed by atoms with Crippen molar-refractivity contribution < 1.29 is 22.7 Å². The lowest BCUT2D eigenvalue weighted by Crippen LogP contribution is -2.45. The first-order chi connectivity index (χ1) is 18.6. The molecule has 208 valence electrons. The van der Waals surface area contributed by atoms with Crippen LogP contribution in [0.5, 0.6) is 5.75 Å². The summed E-state index contributed by atoms with van der Waals surface area (Å²) in [5, 5.41) is 4.75. The average Bonchev–Trinajstić information content (AvgIpc) is 3.40. The van der Waals surface area contributed by atoms with E-state index in [1.165, 1.54) is 35.6 Å². The standard InChI is InChI=1S/C26H30F3N7O2S/c1-5-35-7-9-36(10-8-35)15-16-12-21(38-4)18(13-17(16)26(27,28)29)31-25-30-14-20-23(32-25)33(2)19-6-11-39-22(19)24(37)34(20)3/h6,11-14H,5,7-10,15H2,1-4H3,(H,30,31,32). The highest BCUT2D eigenvalue weighted by atomic mass is 32.1. The molecule has 4 heterocycles. The number of benzene rings is 1. The number of ether oxygens (including phenoxy) is 1. The van der Waals surface area contributed by atoms with E-state index in [9.17, 15) is 18.0 Å². The number of rotatable bonds is 6. The maximum Gasteiger partial charge on any atom is 0.416 e. The zero-order valence-electron chi connectivity index (χ0n) is 22.2. The molecule has 1 amide bonds. The molecule has 1 N–H and O–H groups in total. The van der Waals surface area contributed by atoms with Crippen LogP contribution in [0.2, 0.25) is 0 Å². The number of methoxy groups -OCH3 is 1. The van der Waals surface area contributed by atoms with Crippen LogP contribution >= 0.6 is 11.3 Å². The van der Waals surface area contributed by atoms with Crippen molar-refractivity contribution in [3.63, 3.8) is 0 Å². The molecule has 0 aliphatic carbocycles. The van der Waals surface area contributed by atoms with E-state index in [2.05, 4.69) is 27.1 Å². The number of nitrogens with zero attached hydrogens (tertiary/aromatic N) is 6. The van der Waals surface area contributed by atoms with Gasteiger partial charge in [-0.25, -0.2) is 4.98 Å². The van der Waals surface area contributed by atoms with Gasteiger partial charge in [-0.1, -0.05) is 6.92 Å². The van der Waals surface area contributed by atoms with Crippen LogP contribution in [0.3, 0.4) is 0 Å². The second kappa shape index (κ2) is 10.6. The molecular formula is C26H30F3N7O2S. The number of anilines is 5. The average molecular weight is 562 g/mol. The zero-order valence-corrected chi connectivity index (χ0v) is 23.0. The Kier molecular flexibility index (Phi) is 7.40. The van der Waals surface area contributed by atoms with Crippen molar-refractivity contribution in [3.05, 3.63) is 45.8 Å². The molecule has 1 fully saturated rings. The number of alkyl halides is 3. The number of hydrogen-bond acceptors (Lipinski definition) is 9. The van der Waals surface area contributed by atoms with Crippen molar-refractivity contribution in [1.29, 1.82) is 0 Å². The van der Waals surface area contributed by atoms with Crippen LogP contribution < -0.4 is 19.9 Å². The van der Waals surface area contributed by atoms with Crippen LogP contribution in [0.4, 0.5) is 42.0 Å². The third-order valence-corrected chi connectivity index (χ3v) is 8.11. The number of amides is 1. The van der Waals surface area contributed by atoms with Gasteiger partial charge in [0.15, 0.2) is 5.82 Å². The summed E-state index contributed by atoms with van der Waals surface area (Å²) in [6, 6.07) is 4.33. The van der Waals surface area contributed by atoms with Gasteiger partial charge in [0.2, 0.25) is 5.95 Å². The number of thiophene rings is 1. The number of aromatic nitrogens is 2. The number of carbonyl (C=O) groups excluding carboxylic acids is 1. The molecule has 0 atom stereocenters. The highest BCUT2D eigenvalue weighted by Gasteiger charge is 2.36. The minimum atomic E-state index is -4.56. The Balaban J connectivity index is 1.47. The predicted molar refractivity (Wildman–Crippen MR) is 146 cm³/mol. The number of piperazine rings is 1. The second-order valence-electron chi connectivity index (χ2n) is 9.50. The quantitative estimate of drug-likeness (QED) is 0.460. The van der Waals surface area contributed by atoms with E-state index in [-0.39, 0.29) is 35.4 Å². The van der Waals surface area contributed by atoms with Gasteiger partial charge in [0.25, 0.3) is 5.91 Å². The Morgan fingerprint density at radius 1 is 1.08 bits per heavy atom.